The zero-order valence-corrected chi connectivity index (χ0v) is 11.6. The SMILES string of the molecule is CCC1OCCC1CNC1CCOC2(CCC2)C1. The van der Waals surface area contributed by atoms with E-state index in [4.69, 9.17) is 9.47 Å². The first kappa shape index (κ1) is 12.9. The highest BCUT2D eigenvalue weighted by Crippen LogP contribution is 2.42. The van der Waals surface area contributed by atoms with E-state index in [9.17, 15) is 0 Å². The molecule has 0 radical (unpaired) electrons. The molecule has 0 amide bonds. The second-order valence-electron chi connectivity index (χ2n) is 6.35. The first-order valence-electron chi connectivity index (χ1n) is 7.80. The van der Waals surface area contributed by atoms with Crippen LogP contribution in [0.25, 0.3) is 0 Å². The van der Waals surface area contributed by atoms with E-state index in [-0.39, 0.29) is 5.60 Å². The van der Waals surface area contributed by atoms with Gasteiger partial charge in [-0.05, 0) is 50.9 Å². The summed E-state index contributed by atoms with van der Waals surface area (Å²) in [6, 6.07) is 0.678. The minimum Gasteiger partial charge on any atom is -0.378 e. The molecular weight excluding hydrogens is 226 g/mol. The van der Waals surface area contributed by atoms with Crippen LogP contribution in [0.5, 0.6) is 0 Å². The van der Waals surface area contributed by atoms with Gasteiger partial charge in [0.1, 0.15) is 0 Å². The molecule has 3 rings (SSSR count). The maximum Gasteiger partial charge on any atom is 0.0697 e. The van der Waals surface area contributed by atoms with Crippen molar-refractivity contribution in [2.24, 2.45) is 5.92 Å². The van der Waals surface area contributed by atoms with Crippen LogP contribution < -0.4 is 5.32 Å². The Labute approximate surface area is 111 Å². The molecule has 3 nitrogen and oxygen atoms in total. The van der Waals surface area contributed by atoms with Crippen molar-refractivity contribution in [2.75, 3.05) is 19.8 Å². The predicted octanol–water partition coefficient (Wildman–Crippen LogP) is 2.49. The van der Waals surface area contributed by atoms with Gasteiger partial charge < -0.3 is 14.8 Å². The average molecular weight is 253 g/mol. The zero-order chi connectivity index (χ0) is 12.4. The number of ether oxygens (including phenoxy) is 2. The average Bonchev–Trinajstić information content (AvgIpc) is 2.82. The molecule has 1 saturated carbocycles. The summed E-state index contributed by atoms with van der Waals surface area (Å²) < 4.78 is 11.7. The van der Waals surface area contributed by atoms with Crippen molar-refractivity contribution in [2.45, 2.75) is 69.6 Å². The topological polar surface area (TPSA) is 30.5 Å². The van der Waals surface area contributed by atoms with Crippen molar-refractivity contribution in [3.05, 3.63) is 0 Å². The summed E-state index contributed by atoms with van der Waals surface area (Å²) in [4.78, 5) is 0. The van der Waals surface area contributed by atoms with Crippen LogP contribution in [-0.4, -0.2) is 37.5 Å². The van der Waals surface area contributed by atoms with E-state index in [2.05, 4.69) is 12.2 Å². The number of hydrogen-bond acceptors (Lipinski definition) is 3. The molecule has 0 aromatic rings. The third kappa shape index (κ3) is 2.59. The largest absolute Gasteiger partial charge is 0.378 e. The second-order valence-corrected chi connectivity index (χ2v) is 6.35. The smallest absolute Gasteiger partial charge is 0.0697 e. The van der Waals surface area contributed by atoms with E-state index < -0.39 is 0 Å². The minimum absolute atomic E-state index is 0.270. The van der Waals surface area contributed by atoms with Crippen LogP contribution in [0.4, 0.5) is 0 Å². The zero-order valence-electron chi connectivity index (χ0n) is 11.6. The summed E-state index contributed by atoms with van der Waals surface area (Å²) in [6.07, 6.45) is 9.24. The van der Waals surface area contributed by atoms with Gasteiger partial charge in [0.2, 0.25) is 0 Å². The molecule has 3 fully saturated rings. The summed E-state index contributed by atoms with van der Waals surface area (Å²) in [6.45, 7) is 5.29. The van der Waals surface area contributed by atoms with Crippen molar-refractivity contribution in [1.29, 1.82) is 0 Å². The maximum absolute atomic E-state index is 5.98. The van der Waals surface area contributed by atoms with Crippen LogP contribution in [0.3, 0.4) is 0 Å². The molecule has 2 aliphatic heterocycles. The van der Waals surface area contributed by atoms with Crippen LogP contribution in [0.15, 0.2) is 0 Å². The van der Waals surface area contributed by atoms with Crippen LogP contribution in [-0.2, 0) is 9.47 Å². The van der Waals surface area contributed by atoms with Gasteiger partial charge in [-0.2, -0.15) is 0 Å². The number of hydrogen-bond donors (Lipinski definition) is 1. The predicted molar refractivity (Wildman–Crippen MR) is 71.7 cm³/mol. The van der Waals surface area contributed by atoms with Gasteiger partial charge in [0.15, 0.2) is 0 Å². The number of nitrogens with one attached hydrogen (secondary N) is 1. The highest BCUT2D eigenvalue weighted by Gasteiger charge is 2.42. The summed E-state index contributed by atoms with van der Waals surface area (Å²) in [5.41, 5.74) is 0.270. The monoisotopic (exact) mass is 253 g/mol. The molecule has 3 atom stereocenters. The lowest BCUT2D eigenvalue weighted by Crippen LogP contribution is -2.51. The summed E-state index contributed by atoms with van der Waals surface area (Å²) >= 11 is 0. The minimum atomic E-state index is 0.270. The third-order valence-corrected chi connectivity index (χ3v) is 5.18. The van der Waals surface area contributed by atoms with Crippen molar-refractivity contribution >= 4 is 0 Å². The summed E-state index contributed by atoms with van der Waals surface area (Å²) in [5, 5.41) is 3.79. The molecular formula is C15H27NO2. The fraction of sp³-hybridized carbons (Fsp3) is 1.00. The van der Waals surface area contributed by atoms with Gasteiger partial charge in [-0.25, -0.2) is 0 Å². The Morgan fingerprint density at radius 2 is 2.11 bits per heavy atom. The van der Waals surface area contributed by atoms with E-state index in [0.29, 0.717) is 12.1 Å². The van der Waals surface area contributed by atoms with Gasteiger partial charge in [-0.3, -0.25) is 0 Å². The maximum atomic E-state index is 5.98. The number of rotatable bonds is 4. The molecule has 0 aromatic heterocycles. The van der Waals surface area contributed by atoms with Crippen molar-refractivity contribution in [3.63, 3.8) is 0 Å². The van der Waals surface area contributed by atoms with E-state index in [0.717, 1.165) is 32.1 Å². The lowest BCUT2D eigenvalue weighted by atomic mass is 9.74. The van der Waals surface area contributed by atoms with E-state index in [1.54, 1.807) is 0 Å². The molecule has 1 aliphatic carbocycles. The van der Waals surface area contributed by atoms with E-state index in [1.165, 1.54) is 38.5 Å². The fourth-order valence-corrected chi connectivity index (χ4v) is 3.82. The van der Waals surface area contributed by atoms with Gasteiger partial charge in [-0.15, -0.1) is 0 Å². The Hall–Kier alpha value is -0.120. The van der Waals surface area contributed by atoms with Gasteiger partial charge in [0.05, 0.1) is 11.7 Å². The summed E-state index contributed by atoms with van der Waals surface area (Å²) in [5.74, 6) is 0.732. The Morgan fingerprint density at radius 3 is 2.83 bits per heavy atom. The van der Waals surface area contributed by atoms with Crippen molar-refractivity contribution in [3.8, 4) is 0 Å². The molecule has 0 bridgehead atoms. The molecule has 3 heteroatoms. The van der Waals surface area contributed by atoms with Crippen LogP contribution in [0, 0.1) is 5.92 Å². The summed E-state index contributed by atoms with van der Waals surface area (Å²) in [7, 11) is 0. The molecule has 3 unspecified atom stereocenters. The Morgan fingerprint density at radius 1 is 1.22 bits per heavy atom. The van der Waals surface area contributed by atoms with Gasteiger partial charge in [-0.1, -0.05) is 6.92 Å². The highest BCUT2D eigenvalue weighted by molar-refractivity contribution is 4.96. The Kier molecular flexibility index (Phi) is 3.92. The molecule has 2 saturated heterocycles. The first-order valence-corrected chi connectivity index (χ1v) is 7.80. The standard InChI is InChI=1S/C15H27NO2/c1-2-14-12(4-8-17-14)11-16-13-5-9-18-15(10-13)6-3-7-15/h12-14,16H,2-11H2,1H3. The first-order chi connectivity index (χ1) is 8.81. The highest BCUT2D eigenvalue weighted by atomic mass is 16.5. The molecule has 2 heterocycles. The van der Waals surface area contributed by atoms with Gasteiger partial charge in [0.25, 0.3) is 0 Å². The van der Waals surface area contributed by atoms with E-state index >= 15 is 0 Å². The molecule has 1 N–H and O–H groups in total. The Bertz CT molecular complexity index is 278. The van der Waals surface area contributed by atoms with Crippen LogP contribution in [0.1, 0.15) is 51.9 Å². The molecule has 1 spiro atoms. The quantitative estimate of drug-likeness (QED) is 0.835. The lowest BCUT2D eigenvalue weighted by molar-refractivity contribution is -0.135. The van der Waals surface area contributed by atoms with E-state index in [1.807, 2.05) is 0 Å². The lowest BCUT2D eigenvalue weighted by Gasteiger charge is -2.47. The molecule has 104 valence electrons. The van der Waals surface area contributed by atoms with Crippen molar-refractivity contribution < 1.29 is 9.47 Å². The third-order valence-electron chi connectivity index (χ3n) is 5.18. The molecule has 18 heavy (non-hydrogen) atoms. The second kappa shape index (κ2) is 5.48. The molecule has 3 aliphatic rings. The normalized spacial score (nSPS) is 38.8. The molecule has 0 aromatic carbocycles. The Balaban J connectivity index is 1.45. The van der Waals surface area contributed by atoms with Crippen molar-refractivity contribution in [1.82, 2.24) is 5.32 Å². The van der Waals surface area contributed by atoms with Gasteiger partial charge in [0, 0.05) is 25.8 Å². The van der Waals surface area contributed by atoms with Crippen LogP contribution >= 0.6 is 0 Å². The van der Waals surface area contributed by atoms with Gasteiger partial charge >= 0.3 is 0 Å². The van der Waals surface area contributed by atoms with Crippen LogP contribution in [0.2, 0.25) is 0 Å². The fourth-order valence-electron chi connectivity index (χ4n) is 3.82.